The molecule has 0 bridgehead atoms. The van der Waals surface area contributed by atoms with Gasteiger partial charge in [0.2, 0.25) is 0 Å². The van der Waals surface area contributed by atoms with Gasteiger partial charge in [-0.15, -0.1) is 0 Å². The van der Waals surface area contributed by atoms with Crippen LogP contribution in [0.3, 0.4) is 0 Å². The van der Waals surface area contributed by atoms with Gasteiger partial charge in [0.15, 0.2) is 11.5 Å². The average Bonchev–Trinajstić information content (AvgIpc) is 2.92. The fourth-order valence-corrected chi connectivity index (χ4v) is 3.98. The molecule has 4 amide bonds. The van der Waals surface area contributed by atoms with Gasteiger partial charge in [-0.2, -0.15) is 0 Å². The maximum atomic E-state index is 13.3. The van der Waals surface area contributed by atoms with Gasteiger partial charge in [0.05, 0.1) is 24.5 Å². The van der Waals surface area contributed by atoms with Crippen molar-refractivity contribution in [3.8, 4) is 11.5 Å². The lowest BCUT2D eigenvalue weighted by molar-refractivity contribution is -0.122. The van der Waals surface area contributed by atoms with Crippen LogP contribution in [0.2, 0.25) is 5.02 Å². The van der Waals surface area contributed by atoms with Crippen LogP contribution in [0.4, 0.5) is 10.5 Å². The van der Waals surface area contributed by atoms with Gasteiger partial charge in [0.25, 0.3) is 11.8 Å². The third kappa shape index (κ3) is 6.27. The molecule has 1 aliphatic heterocycles. The molecule has 1 N–H and O–H groups in total. The summed E-state index contributed by atoms with van der Waals surface area (Å²) in [5.74, 6) is -1.31. The van der Waals surface area contributed by atoms with Crippen molar-refractivity contribution in [3.05, 3.63) is 94.0 Å². The number of hydrogen-bond donors (Lipinski definition) is 1. The molecule has 9 nitrogen and oxygen atoms in total. The smallest absolute Gasteiger partial charge is 0.338 e. The van der Waals surface area contributed by atoms with Crippen molar-refractivity contribution in [1.29, 1.82) is 0 Å². The predicted octanol–water partition coefficient (Wildman–Crippen LogP) is 5.16. The van der Waals surface area contributed by atoms with Crippen molar-refractivity contribution in [3.63, 3.8) is 0 Å². The summed E-state index contributed by atoms with van der Waals surface area (Å²) >= 11 is 6.22. The highest BCUT2D eigenvalue weighted by Gasteiger charge is 2.37. The number of nitrogens with zero attached hydrogens (tertiary/aromatic N) is 1. The molecule has 1 fully saturated rings. The van der Waals surface area contributed by atoms with E-state index in [9.17, 15) is 19.2 Å². The van der Waals surface area contributed by atoms with Gasteiger partial charge in [0.1, 0.15) is 12.2 Å². The molecule has 0 aliphatic carbocycles. The summed E-state index contributed by atoms with van der Waals surface area (Å²) in [7, 11) is 0. The molecule has 200 valence electrons. The van der Waals surface area contributed by atoms with E-state index in [-0.39, 0.29) is 30.0 Å². The predicted molar refractivity (Wildman–Crippen MR) is 145 cm³/mol. The van der Waals surface area contributed by atoms with Crippen LogP contribution in [-0.2, 0) is 20.9 Å². The molecular formula is C29H25ClN2O7. The molecule has 3 aromatic carbocycles. The lowest BCUT2D eigenvalue weighted by Gasteiger charge is -2.26. The summed E-state index contributed by atoms with van der Waals surface area (Å²) in [4.78, 5) is 51.2. The van der Waals surface area contributed by atoms with Gasteiger partial charge < -0.3 is 14.2 Å². The Labute approximate surface area is 229 Å². The molecule has 0 aromatic heterocycles. The van der Waals surface area contributed by atoms with Crippen LogP contribution in [0.15, 0.2) is 72.3 Å². The zero-order valence-electron chi connectivity index (χ0n) is 21.2. The number of anilines is 1. The summed E-state index contributed by atoms with van der Waals surface area (Å²) in [6.07, 6.45) is 1.37. The summed E-state index contributed by atoms with van der Waals surface area (Å²) in [5.41, 5.74) is 1.47. The lowest BCUT2D eigenvalue weighted by Crippen LogP contribution is -2.54. The van der Waals surface area contributed by atoms with E-state index in [1.807, 2.05) is 25.1 Å². The van der Waals surface area contributed by atoms with E-state index in [1.54, 1.807) is 31.2 Å². The second-order valence-electron chi connectivity index (χ2n) is 8.24. The maximum absolute atomic E-state index is 13.3. The lowest BCUT2D eigenvalue weighted by atomic mass is 10.1. The molecule has 0 saturated carbocycles. The van der Waals surface area contributed by atoms with E-state index in [1.165, 1.54) is 30.3 Å². The molecule has 0 radical (unpaired) electrons. The van der Waals surface area contributed by atoms with E-state index in [2.05, 4.69) is 5.32 Å². The zero-order chi connectivity index (χ0) is 27.9. The van der Waals surface area contributed by atoms with Crippen molar-refractivity contribution in [1.82, 2.24) is 5.32 Å². The molecular weight excluding hydrogens is 524 g/mol. The Balaban J connectivity index is 1.59. The second-order valence-corrected chi connectivity index (χ2v) is 8.65. The maximum Gasteiger partial charge on any atom is 0.338 e. The molecule has 1 heterocycles. The van der Waals surface area contributed by atoms with Crippen LogP contribution in [0.1, 0.15) is 35.3 Å². The monoisotopic (exact) mass is 548 g/mol. The van der Waals surface area contributed by atoms with Crippen molar-refractivity contribution >= 4 is 47.2 Å². The molecule has 0 spiro atoms. The third-order valence-electron chi connectivity index (χ3n) is 5.66. The number of halogens is 1. The Bertz CT molecular complexity index is 1450. The van der Waals surface area contributed by atoms with Gasteiger partial charge in [-0.3, -0.25) is 14.9 Å². The minimum atomic E-state index is -0.899. The summed E-state index contributed by atoms with van der Waals surface area (Å²) in [6.45, 7) is 4.28. The number of esters is 1. The fourth-order valence-electron chi connectivity index (χ4n) is 3.79. The summed E-state index contributed by atoms with van der Waals surface area (Å²) in [5, 5.41) is 2.76. The number of rotatable bonds is 9. The molecule has 10 heteroatoms. The highest BCUT2D eigenvalue weighted by atomic mass is 35.5. The van der Waals surface area contributed by atoms with Gasteiger partial charge in [0, 0.05) is 10.6 Å². The first kappa shape index (κ1) is 27.4. The first-order valence-corrected chi connectivity index (χ1v) is 12.5. The number of urea groups is 1. The summed E-state index contributed by atoms with van der Waals surface area (Å²) in [6, 6.07) is 17.1. The average molecular weight is 549 g/mol. The standard InChI is InChI=1S/C29H25ClN2O7/c1-3-37-25-16-18(9-14-24(25)39-17-20-7-5-6-8-23(20)30)15-22-26(33)31-29(36)32(27(22)34)21-12-10-19(11-13-21)28(35)38-4-2/h5-16H,3-4,17H2,1-2H3,(H,31,33,36)/b22-15+. The van der Waals surface area contributed by atoms with Crippen LogP contribution in [-0.4, -0.2) is 37.0 Å². The number of ether oxygens (including phenoxy) is 3. The van der Waals surface area contributed by atoms with Crippen LogP contribution >= 0.6 is 11.6 Å². The van der Waals surface area contributed by atoms with Gasteiger partial charge in [-0.05, 0) is 68.0 Å². The van der Waals surface area contributed by atoms with E-state index < -0.39 is 23.8 Å². The number of barbiturate groups is 1. The molecule has 3 aromatic rings. The van der Waals surface area contributed by atoms with Crippen LogP contribution < -0.4 is 19.7 Å². The molecule has 4 rings (SSSR count). The molecule has 0 atom stereocenters. The molecule has 1 aliphatic rings. The first-order chi connectivity index (χ1) is 18.8. The Morgan fingerprint density at radius 2 is 1.67 bits per heavy atom. The van der Waals surface area contributed by atoms with Crippen molar-refractivity contribution in [2.24, 2.45) is 0 Å². The Morgan fingerprint density at radius 1 is 0.923 bits per heavy atom. The number of carbonyl (C=O) groups excluding carboxylic acids is 4. The largest absolute Gasteiger partial charge is 0.490 e. The van der Waals surface area contributed by atoms with Gasteiger partial charge >= 0.3 is 12.0 Å². The topological polar surface area (TPSA) is 111 Å². The number of benzene rings is 3. The van der Waals surface area contributed by atoms with Crippen molar-refractivity contribution in [2.75, 3.05) is 18.1 Å². The van der Waals surface area contributed by atoms with Gasteiger partial charge in [-0.25, -0.2) is 14.5 Å². The summed E-state index contributed by atoms with van der Waals surface area (Å²) < 4.78 is 16.6. The Hall–Kier alpha value is -4.63. The molecule has 0 unspecified atom stereocenters. The number of amides is 4. The van der Waals surface area contributed by atoms with Crippen LogP contribution in [0.25, 0.3) is 6.08 Å². The van der Waals surface area contributed by atoms with Crippen LogP contribution in [0, 0.1) is 0 Å². The van der Waals surface area contributed by atoms with E-state index >= 15 is 0 Å². The minimum absolute atomic E-state index is 0.183. The van der Waals surface area contributed by atoms with E-state index in [0.29, 0.717) is 28.7 Å². The number of hydrogen-bond acceptors (Lipinski definition) is 7. The Kier molecular flexibility index (Phi) is 8.63. The second kappa shape index (κ2) is 12.3. The third-order valence-corrected chi connectivity index (χ3v) is 6.03. The number of carbonyl (C=O) groups is 4. The van der Waals surface area contributed by atoms with E-state index in [0.717, 1.165) is 10.5 Å². The first-order valence-electron chi connectivity index (χ1n) is 12.1. The normalized spacial score (nSPS) is 14.3. The van der Waals surface area contributed by atoms with Gasteiger partial charge in [-0.1, -0.05) is 35.9 Å². The van der Waals surface area contributed by atoms with Crippen molar-refractivity contribution < 1.29 is 33.4 Å². The zero-order valence-corrected chi connectivity index (χ0v) is 22.0. The number of nitrogens with one attached hydrogen (secondary N) is 1. The minimum Gasteiger partial charge on any atom is -0.490 e. The van der Waals surface area contributed by atoms with Crippen LogP contribution in [0.5, 0.6) is 11.5 Å². The van der Waals surface area contributed by atoms with Crippen molar-refractivity contribution in [2.45, 2.75) is 20.5 Å². The highest BCUT2D eigenvalue weighted by molar-refractivity contribution is 6.39. The molecule has 1 saturated heterocycles. The van der Waals surface area contributed by atoms with E-state index in [4.69, 9.17) is 25.8 Å². The SMILES string of the molecule is CCOC(=O)c1ccc(N2C(=O)NC(=O)/C(=C\c3ccc(OCc4ccccc4Cl)c(OCC)c3)C2=O)cc1. The highest BCUT2D eigenvalue weighted by Crippen LogP contribution is 2.31. The molecule has 39 heavy (non-hydrogen) atoms. The fraction of sp³-hybridized carbons (Fsp3) is 0.172. The Morgan fingerprint density at radius 3 is 2.36 bits per heavy atom. The number of imide groups is 2. The quantitative estimate of drug-likeness (QED) is 0.223.